The third kappa shape index (κ3) is 3.70. The number of hydrogen-bond donors (Lipinski definition) is 1. The summed E-state index contributed by atoms with van der Waals surface area (Å²) in [7, 11) is 1.61. The summed E-state index contributed by atoms with van der Waals surface area (Å²) in [5, 5.41) is 12.0. The van der Waals surface area contributed by atoms with Crippen molar-refractivity contribution in [3.05, 3.63) is 47.5 Å². The van der Waals surface area contributed by atoms with Gasteiger partial charge in [0, 0.05) is 19.7 Å². The van der Waals surface area contributed by atoms with Gasteiger partial charge in [0.2, 0.25) is 17.5 Å². The first-order valence-corrected chi connectivity index (χ1v) is 6.20. The average molecular weight is 269 g/mol. The highest BCUT2D eigenvalue weighted by molar-refractivity contribution is 5.67. The van der Waals surface area contributed by atoms with Crippen LogP contribution in [0.3, 0.4) is 0 Å². The molecular weight excluding hydrogens is 254 g/mol. The van der Waals surface area contributed by atoms with E-state index in [0.717, 1.165) is 5.56 Å². The molecule has 20 heavy (non-hydrogen) atoms. The van der Waals surface area contributed by atoms with E-state index in [-0.39, 0.29) is 5.69 Å². The SMILES string of the molecule is COCCNc1oc(C=Cc2ccccc2)nc1C#N. The highest BCUT2D eigenvalue weighted by Crippen LogP contribution is 2.18. The first-order valence-electron chi connectivity index (χ1n) is 6.20. The number of aromatic nitrogens is 1. The lowest BCUT2D eigenvalue weighted by Gasteiger charge is -2.00. The van der Waals surface area contributed by atoms with Crippen molar-refractivity contribution in [3.63, 3.8) is 0 Å². The van der Waals surface area contributed by atoms with Crippen molar-refractivity contribution in [2.24, 2.45) is 0 Å². The van der Waals surface area contributed by atoms with E-state index in [1.807, 2.05) is 42.5 Å². The largest absolute Gasteiger partial charge is 0.420 e. The fourth-order valence-corrected chi connectivity index (χ4v) is 1.60. The fraction of sp³-hybridized carbons (Fsp3) is 0.200. The monoisotopic (exact) mass is 269 g/mol. The topological polar surface area (TPSA) is 71.1 Å². The second kappa shape index (κ2) is 7.12. The van der Waals surface area contributed by atoms with E-state index in [1.165, 1.54) is 0 Å². The quantitative estimate of drug-likeness (QED) is 0.816. The van der Waals surface area contributed by atoms with Gasteiger partial charge in [-0.05, 0) is 11.6 Å². The van der Waals surface area contributed by atoms with Gasteiger partial charge < -0.3 is 14.5 Å². The number of nitrogens with one attached hydrogen (secondary N) is 1. The third-order valence-electron chi connectivity index (χ3n) is 2.56. The Morgan fingerprint density at radius 3 is 2.85 bits per heavy atom. The van der Waals surface area contributed by atoms with Gasteiger partial charge in [0.15, 0.2) is 0 Å². The molecule has 2 aromatic rings. The van der Waals surface area contributed by atoms with Gasteiger partial charge in [0.25, 0.3) is 0 Å². The van der Waals surface area contributed by atoms with Crippen LogP contribution in [-0.4, -0.2) is 25.2 Å². The third-order valence-corrected chi connectivity index (χ3v) is 2.56. The molecule has 0 aliphatic rings. The van der Waals surface area contributed by atoms with Crippen LogP contribution in [0.2, 0.25) is 0 Å². The molecule has 0 aliphatic heterocycles. The number of benzene rings is 1. The van der Waals surface area contributed by atoms with Crippen LogP contribution in [0.5, 0.6) is 0 Å². The number of methoxy groups -OCH3 is 1. The molecule has 2 rings (SSSR count). The summed E-state index contributed by atoms with van der Waals surface area (Å²) in [5.74, 6) is 0.766. The van der Waals surface area contributed by atoms with E-state index in [4.69, 9.17) is 14.4 Å². The maximum absolute atomic E-state index is 9.01. The van der Waals surface area contributed by atoms with Gasteiger partial charge in [0.1, 0.15) is 6.07 Å². The van der Waals surface area contributed by atoms with Crippen LogP contribution in [0, 0.1) is 11.3 Å². The molecule has 0 aliphatic carbocycles. The molecule has 5 nitrogen and oxygen atoms in total. The van der Waals surface area contributed by atoms with Crippen molar-refractivity contribution < 1.29 is 9.15 Å². The van der Waals surface area contributed by atoms with Crippen LogP contribution in [-0.2, 0) is 4.74 Å². The Morgan fingerprint density at radius 2 is 2.15 bits per heavy atom. The van der Waals surface area contributed by atoms with Crippen LogP contribution in [0.25, 0.3) is 12.2 Å². The number of anilines is 1. The molecule has 0 bridgehead atoms. The van der Waals surface area contributed by atoms with E-state index in [0.29, 0.717) is 24.9 Å². The molecule has 0 unspecified atom stereocenters. The summed E-state index contributed by atoms with van der Waals surface area (Å²) >= 11 is 0. The van der Waals surface area contributed by atoms with E-state index in [2.05, 4.69) is 10.3 Å². The van der Waals surface area contributed by atoms with Crippen molar-refractivity contribution in [2.75, 3.05) is 25.6 Å². The summed E-state index contributed by atoms with van der Waals surface area (Å²) < 4.78 is 10.4. The maximum atomic E-state index is 9.01. The molecule has 0 spiro atoms. The Bertz CT molecular complexity index is 612. The highest BCUT2D eigenvalue weighted by Gasteiger charge is 2.10. The molecule has 0 saturated heterocycles. The fourth-order valence-electron chi connectivity index (χ4n) is 1.60. The molecular formula is C15H15N3O2. The Kier molecular flexibility index (Phi) is 4.93. The first-order chi connectivity index (χ1) is 9.83. The zero-order valence-electron chi connectivity index (χ0n) is 11.2. The standard InChI is InChI=1S/C15H15N3O2/c1-19-10-9-17-15-13(11-16)18-14(20-15)8-7-12-5-3-2-4-6-12/h2-8,17H,9-10H2,1H3. The number of nitriles is 1. The number of rotatable bonds is 6. The van der Waals surface area contributed by atoms with Crippen LogP contribution in [0.1, 0.15) is 17.1 Å². The lowest BCUT2D eigenvalue weighted by atomic mass is 10.2. The van der Waals surface area contributed by atoms with Gasteiger partial charge in [-0.1, -0.05) is 30.3 Å². The van der Waals surface area contributed by atoms with Crippen molar-refractivity contribution >= 4 is 18.0 Å². The molecule has 0 radical (unpaired) electrons. The molecule has 102 valence electrons. The summed E-state index contributed by atoms with van der Waals surface area (Å²) in [6.45, 7) is 1.09. The molecule has 0 saturated carbocycles. The van der Waals surface area contributed by atoms with Gasteiger partial charge in [-0.25, -0.2) is 0 Å². The Balaban J connectivity index is 2.09. The van der Waals surface area contributed by atoms with E-state index < -0.39 is 0 Å². The van der Waals surface area contributed by atoms with E-state index in [9.17, 15) is 0 Å². The molecule has 1 heterocycles. The lowest BCUT2D eigenvalue weighted by Crippen LogP contribution is -2.07. The zero-order valence-corrected chi connectivity index (χ0v) is 11.2. The minimum absolute atomic E-state index is 0.244. The molecule has 1 N–H and O–H groups in total. The maximum Gasteiger partial charge on any atom is 0.232 e. The second-order valence-corrected chi connectivity index (χ2v) is 4.01. The molecule has 0 atom stereocenters. The number of ether oxygens (including phenoxy) is 1. The van der Waals surface area contributed by atoms with Crippen LogP contribution >= 0.6 is 0 Å². The highest BCUT2D eigenvalue weighted by atomic mass is 16.5. The summed E-state index contributed by atoms with van der Waals surface area (Å²) in [5.41, 5.74) is 1.28. The minimum atomic E-state index is 0.244. The second-order valence-electron chi connectivity index (χ2n) is 4.01. The van der Waals surface area contributed by atoms with Crippen molar-refractivity contribution in [3.8, 4) is 6.07 Å². The van der Waals surface area contributed by atoms with Crippen LogP contribution in [0.15, 0.2) is 34.7 Å². The van der Waals surface area contributed by atoms with Crippen molar-refractivity contribution in [2.45, 2.75) is 0 Å². The van der Waals surface area contributed by atoms with Crippen molar-refractivity contribution in [1.29, 1.82) is 5.26 Å². The average Bonchev–Trinajstić information content (AvgIpc) is 2.89. The summed E-state index contributed by atoms with van der Waals surface area (Å²) in [4.78, 5) is 4.10. The predicted molar refractivity (Wildman–Crippen MR) is 77.0 cm³/mol. The van der Waals surface area contributed by atoms with Crippen LogP contribution < -0.4 is 5.32 Å². The van der Waals surface area contributed by atoms with Gasteiger partial charge in [-0.2, -0.15) is 10.2 Å². The van der Waals surface area contributed by atoms with Gasteiger partial charge >= 0.3 is 0 Å². The van der Waals surface area contributed by atoms with Crippen molar-refractivity contribution in [1.82, 2.24) is 4.98 Å². The number of nitrogens with zero attached hydrogens (tertiary/aromatic N) is 2. The van der Waals surface area contributed by atoms with E-state index in [1.54, 1.807) is 13.2 Å². The lowest BCUT2D eigenvalue weighted by molar-refractivity contribution is 0.210. The van der Waals surface area contributed by atoms with Gasteiger partial charge in [-0.3, -0.25) is 0 Å². The number of oxazole rings is 1. The summed E-state index contributed by atoms with van der Waals surface area (Å²) in [6, 6.07) is 11.8. The molecule has 0 amide bonds. The Hall–Kier alpha value is -2.58. The number of hydrogen-bond acceptors (Lipinski definition) is 5. The minimum Gasteiger partial charge on any atom is -0.420 e. The predicted octanol–water partition coefficient (Wildman–Crippen LogP) is 2.77. The molecule has 1 aromatic carbocycles. The smallest absolute Gasteiger partial charge is 0.232 e. The summed E-state index contributed by atoms with van der Waals surface area (Å²) in [6.07, 6.45) is 3.61. The zero-order chi connectivity index (χ0) is 14.2. The first kappa shape index (κ1) is 13.8. The molecule has 5 heteroatoms. The Labute approximate surface area is 117 Å². The normalized spacial score (nSPS) is 10.6. The van der Waals surface area contributed by atoms with Gasteiger partial charge in [-0.15, -0.1) is 0 Å². The van der Waals surface area contributed by atoms with Gasteiger partial charge in [0.05, 0.1) is 6.61 Å². The van der Waals surface area contributed by atoms with E-state index >= 15 is 0 Å². The molecule has 1 aromatic heterocycles. The van der Waals surface area contributed by atoms with Crippen LogP contribution in [0.4, 0.5) is 5.88 Å². The Morgan fingerprint density at radius 1 is 1.35 bits per heavy atom. The molecule has 0 fully saturated rings.